The number of carbonyl (C=O) groups excluding carboxylic acids is 2. The van der Waals surface area contributed by atoms with Crippen LogP contribution in [-0.4, -0.2) is 45.6 Å². The lowest BCUT2D eigenvalue weighted by molar-refractivity contribution is -0.155. The van der Waals surface area contributed by atoms with Crippen LogP contribution < -0.4 is 0 Å². The first-order chi connectivity index (χ1) is 14.8. The van der Waals surface area contributed by atoms with Crippen molar-refractivity contribution in [2.75, 3.05) is 13.1 Å². The van der Waals surface area contributed by atoms with E-state index in [4.69, 9.17) is 9.26 Å². The van der Waals surface area contributed by atoms with E-state index in [1.807, 2.05) is 20.8 Å². The molecule has 7 nitrogen and oxygen atoms in total. The fourth-order valence-corrected chi connectivity index (χ4v) is 4.75. The van der Waals surface area contributed by atoms with Gasteiger partial charge in [0.05, 0.1) is 6.42 Å². The Hall–Kier alpha value is -1.92. The largest absolute Gasteiger partial charge is 0.460 e. The molecular weight excluding hydrogens is 394 g/mol. The van der Waals surface area contributed by atoms with Crippen LogP contribution in [0.2, 0.25) is 0 Å². The molecule has 1 unspecified atom stereocenters. The van der Waals surface area contributed by atoms with Gasteiger partial charge in [0.25, 0.3) is 11.7 Å². The highest BCUT2D eigenvalue weighted by Gasteiger charge is 2.29. The molecule has 1 atom stereocenters. The predicted octanol–water partition coefficient (Wildman–Crippen LogP) is 5.26. The van der Waals surface area contributed by atoms with Crippen molar-refractivity contribution in [2.24, 2.45) is 5.92 Å². The van der Waals surface area contributed by atoms with E-state index in [2.05, 4.69) is 10.1 Å². The fourth-order valence-electron chi connectivity index (χ4n) is 4.75. The highest BCUT2D eigenvalue weighted by atomic mass is 16.6. The zero-order valence-electron chi connectivity index (χ0n) is 19.5. The van der Waals surface area contributed by atoms with Gasteiger partial charge in [-0.3, -0.25) is 9.59 Å². The highest BCUT2D eigenvalue weighted by Crippen LogP contribution is 2.31. The Morgan fingerprint density at radius 2 is 1.77 bits per heavy atom. The smallest absolute Gasteiger partial charge is 0.307 e. The van der Waals surface area contributed by atoms with E-state index >= 15 is 0 Å². The van der Waals surface area contributed by atoms with Gasteiger partial charge in [-0.05, 0) is 52.4 Å². The molecule has 0 radical (unpaired) electrons. The minimum atomic E-state index is -0.534. The Kier molecular flexibility index (Phi) is 8.50. The van der Waals surface area contributed by atoms with Crippen LogP contribution in [0.1, 0.15) is 120 Å². The zero-order chi connectivity index (χ0) is 22.3. The molecule has 0 bridgehead atoms. The van der Waals surface area contributed by atoms with Crippen molar-refractivity contribution < 1.29 is 18.8 Å². The molecule has 0 spiro atoms. The number of aromatic nitrogens is 2. The SMILES string of the molecule is CC(C)(C)OC(=O)CC(CCCC1CCCCC1)c1nc(C(=O)N2CCCCC2)no1. The minimum absolute atomic E-state index is 0.110. The summed E-state index contributed by atoms with van der Waals surface area (Å²) < 4.78 is 11.0. The molecular formula is C24H39N3O4. The molecule has 1 amide bonds. The van der Waals surface area contributed by atoms with Crippen molar-refractivity contribution in [3.63, 3.8) is 0 Å². The molecule has 3 rings (SSSR count). The number of amides is 1. The van der Waals surface area contributed by atoms with Crippen LogP contribution in [0.4, 0.5) is 0 Å². The maximum Gasteiger partial charge on any atom is 0.307 e. The molecule has 2 fully saturated rings. The third kappa shape index (κ3) is 7.62. The van der Waals surface area contributed by atoms with E-state index in [1.54, 1.807) is 4.90 Å². The Balaban J connectivity index is 1.63. The summed E-state index contributed by atoms with van der Waals surface area (Å²) in [5.74, 6) is 0.627. The van der Waals surface area contributed by atoms with Crippen molar-refractivity contribution in [2.45, 2.75) is 109 Å². The second kappa shape index (κ2) is 11.1. The molecule has 1 saturated carbocycles. The Bertz CT molecular complexity index is 713. The number of hydrogen-bond donors (Lipinski definition) is 0. The fraction of sp³-hybridized carbons (Fsp3) is 0.833. The number of piperidine rings is 1. The van der Waals surface area contributed by atoms with Gasteiger partial charge in [-0.25, -0.2) is 0 Å². The maximum absolute atomic E-state index is 12.7. The standard InChI is InChI=1S/C24H39N3O4/c1-24(2,3)30-20(28)17-19(14-10-13-18-11-6-4-7-12-18)22-25-21(26-31-22)23(29)27-15-8-5-9-16-27/h18-19H,4-17H2,1-3H3. The number of nitrogens with zero attached hydrogens (tertiary/aromatic N) is 3. The van der Waals surface area contributed by atoms with Gasteiger partial charge in [-0.15, -0.1) is 0 Å². The molecule has 2 heterocycles. The molecule has 31 heavy (non-hydrogen) atoms. The van der Waals surface area contributed by atoms with Crippen molar-refractivity contribution in [1.82, 2.24) is 15.0 Å². The summed E-state index contributed by atoms with van der Waals surface area (Å²) in [6, 6.07) is 0. The number of ether oxygens (including phenoxy) is 1. The average Bonchev–Trinajstić information content (AvgIpc) is 3.23. The van der Waals surface area contributed by atoms with Crippen LogP contribution in [0.25, 0.3) is 0 Å². The van der Waals surface area contributed by atoms with Gasteiger partial charge in [-0.2, -0.15) is 4.98 Å². The van der Waals surface area contributed by atoms with Crippen molar-refractivity contribution in [3.8, 4) is 0 Å². The van der Waals surface area contributed by atoms with Crippen molar-refractivity contribution in [3.05, 3.63) is 11.7 Å². The summed E-state index contributed by atoms with van der Waals surface area (Å²) in [5.41, 5.74) is -0.534. The average molecular weight is 434 g/mol. The molecule has 0 aromatic carbocycles. The molecule has 1 aliphatic heterocycles. The maximum atomic E-state index is 12.7. The number of hydrogen-bond acceptors (Lipinski definition) is 6. The molecule has 174 valence electrons. The van der Waals surface area contributed by atoms with Gasteiger partial charge in [-0.1, -0.05) is 50.1 Å². The molecule has 1 aliphatic carbocycles. The third-order valence-electron chi connectivity index (χ3n) is 6.35. The molecule has 2 aliphatic rings. The summed E-state index contributed by atoms with van der Waals surface area (Å²) in [6.45, 7) is 7.08. The second-order valence-corrected chi connectivity index (χ2v) is 10.2. The van der Waals surface area contributed by atoms with Crippen LogP contribution in [0.5, 0.6) is 0 Å². The van der Waals surface area contributed by atoms with E-state index < -0.39 is 5.60 Å². The molecule has 1 saturated heterocycles. The van der Waals surface area contributed by atoms with E-state index in [1.165, 1.54) is 38.5 Å². The Labute approximate surface area is 186 Å². The number of likely N-dealkylation sites (tertiary alicyclic amines) is 1. The zero-order valence-corrected chi connectivity index (χ0v) is 19.5. The van der Waals surface area contributed by atoms with E-state index in [0.717, 1.165) is 51.1 Å². The van der Waals surface area contributed by atoms with E-state index in [0.29, 0.717) is 5.89 Å². The number of rotatable bonds is 8. The Morgan fingerprint density at radius 1 is 1.10 bits per heavy atom. The monoisotopic (exact) mass is 433 g/mol. The van der Waals surface area contributed by atoms with Crippen LogP contribution in [0.15, 0.2) is 4.52 Å². The summed E-state index contributed by atoms with van der Waals surface area (Å²) in [7, 11) is 0. The molecule has 1 aromatic heterocycles. The van der Waals surface area contributed by atoms with Crippen LogP contribution in [-0.2, 0) is 9.53 Å². The van der Waals surface area contributed by atoms with Crippen LogP contribution in [0.3, 0.4) is 0 Å². The highest BCUT2D eigenvalue weighted by molar-refractivity contribution is 5.90. The van der Waals surface area contributed by atoms with E-state index in [9.17, 15) is 9.59 Å². The van der Waals surface area contributed by atoms with Gasteiger partial charge in [0.1, 0.15) is 5.60 Å². The minimum Gasteiger partial charge on any atom is -0.460 e. The van der Waals surface area contributed by atoms with Crippen molar-refractivity contribution >= 4 is 11.9 Å². The molecule has 0 N–H and O–H groups in total. The summed E-state index contributed by atoms with van der Waals surface area (Å²) in [4.78, 5) is 31.4. The second-order valence-electron chi connectivity index (χ2n) is 10.2. The van der Waals surface area contributed by atoms with Crippen molar-refractivity contribution in [1.29, 1.82) is 0 Å². The topological polar surface area (TPSA) is 85.5 Å². The quantitative estimate of drug-likeness (QED) is 0.520. The number of esters is 1. The Morgan fingerprint density at radius 3 is 2.45 bits per heavy atom. The molecule has 1 aromatic rings. The summed E-state index contributed by atoms with van der Waals surface area (Å²) >= 11 is 0. The van der Waals surface area contributed by atoms with Crippen LogP contribution >= 0.6 is 0 Å². The summed E-state index contributed by atoms with van der Waals surface area (Å²) in [5, 5.41) is 3.96. The first kappa shape index (κ1) is 23.7. The van der Waals surface area contributed by atoms with Gasteiger partial charge in [0.15, 0.2) is 0 Å². The summed E-state index contributed by atoms with van der Waals surface area (Å²) in [6.07, 6.45) is 13.0. The van der Waals surface area contributed by atoms with Gasteiger partial charge < -0.3 is 14.2 Å². The lowest BCUT2D eigenvalue weighted by atomic mass is 9.84. The normalized spacial score (nSPS) is 19.3. The lowest BCUT2D eigenvalue weighted by Gasteiger charge is -2.25. The van der Waals surface area contributed by atoms with Gasteiger partial charge >= 0.3 is 5.97 Å². The lowest BCUT2D eigenvalue weighted by Crippen LogP contribution is -2.36. The van der Waals surface area contributed by atoms with Gasteiger partial charge in [0.2, 0.25) is 5.89 Å². The van der Waals surface area contributed by atoms with Crippen LogP contribution in [0, 0.1) is 5.92 Å². The first-order valence-corrected chi connectivity index (χ1v) is 12.2. The third-order valence-corrected chi connectivity index (χ3v) is 6.35. The first-order valence-electron chi connectivity index (χ1n) is 12.2. The predicted molar refractivity (Wildman–Crippen MR) is 118 cm³/mol. The molecule has 7 heteroatoms. The van der Waals surface area contributed by atoms with Gasteiger partial charge in [0, 0.05) is 19.0 Å². The van der Waals surface area contributed by atoms with E-state index in [-0.39, 0.29) is 30.0 Å². The number of carbonyl (C=O) groups is 2.